The third-order valence-electron chi connectivity index (χ3n) is 4.54. The number of hydrogen-bond acceptors (Lipinski definition) is 2. The average Bonchev–Trinajstić information content (AvgIpc) is 2.70. The van der Waals surface area contributed by atoms with E-state index in [1.807, 2.05) is 67.6 Å². The molecule has 3 nitrogen and oxygen atoms in total. The lowest BCUT2D eigenvalue weighted by Crippen LogP contribution is -2.26. The smallest absolute Gasteiger partial charge is 0.247 e. The first kappa shape index (κ1) is 17.7. The van der Waals surface area contributed by atoms with E-state index in [1.165, 1.54) is 12.1 Å². The Balaban J connectivity index is 1.93. The minimum absolute atomic E-state index is 0.123. The van der Waals surface area contributed by atoms with E-state index in [4.69, 9.17) is 9.50 Å². The summed E-state index contributed by atoms with van der Waals surface area (Å²) >= 11 is 0. The maximum atomic E-state index is 14.2. The Morgan fingerprint density at radius 2 is 1.56 bits per heavy atom. The molecule has 3 aromatic carbocycles. The van der Waals surface area contributed by atoms with Crippen molar-refractivity contribution in [3.63, 3.8) is 0 Å². The molecule has 3 aromatic rings. The van der Waals surface area contributed by atoms with Crippen molar-refractivity contribution >= 4 is 23.6 Å². The van der Waals surface area contributed by atoms with Crippen molar-refractivity contribution in [3.8, 4) is 5.75 Å². The van der Waals surface area contributed by atoms with Crippen LogP contribution in [0.15, 0.2) is 83.6 Å². The molecule has 4 rings (SSSR count). The van der Waals surface area contributed by atoms with Gasteiger partial charge in [0.15, 0.2) is 0 Å². The second-order valence-electron chi connectivity index (χ2n) is 6.57. The first-order chi connectivity index (χ1) is 13.1. The fraction of sp³-hybridized carbons (Fsp3) is 0.136. The largest absolute Gasteiger partial charge is 0.490 e. The standard InChI is InChI=1S/C22H19FNO2P/c1-16-14-21(20-15-17(23)12-13-22(20)26-16)24-27(25,18-8-4-2-5-9-18)19-10-6-3-7-11-19/h2-13,15-16H,14H2,1H3/b24-21-/t16-/m1/s1. The maximum Gasteiger partial charge on any atom is 0.247 e. The van der Waals surface area contributed by atoms with Gasteiger partial charge in [0, 0.05) is 22.6 Å². The zero-order valence-corrected chi connectivity index (χ0v) is 15.8. The van der Waals surface area contributed by atoms with Crippen molar-refractivity contribution in [2.24, 2.45) is 4.76 Å². The fourth-order valence-electron chi connectivity index (χ4n) is 3.26. The van der Waals surface area contributed by atoms with Crippen LogP contribution in [0, 0.1) is 5.82 Å². The summed E-state index contributed by atoms with van der Waals surface area (Å²) in [5.74, 6) is 0.204. The quantitative estimate of drug-likeness (QED) is 0.618. The van der Waals surface area contributed by atoms with Crippen LogP contribution in [0.25, 0.3) is 0 Å². The Kier molecular flexibility index (Phi) is 4.67. The highest BCUT2D eigenvalue weighted by molar-refractivity contribution is 7.77. The summed E-state index contributed by atoms with van der Waals surface area (Å²) in [6.07, 6.45) is 0.349. The molecular weight excluding hydrogens is 360 g/mol. The Morgan fingerprint density at radius 3 is 2.15 bits per heavy atom. The van der Waals surface area contributed by atoms with Gasteiger partial charge in [-0.1, -0.05) is 36.4 Å². The molecule has 0 N–H and O–H groups in total. The molecule has 1 aliphatic heterocycles. The monoisotopic (exact) mass is 379 g/mol. The van der Waals surface area contributed by atoms with Gasteiger partial charge in [0.1, 0.15) is 17.7 Å². The second kappa shape index (κ2) is 7.13. The SMILES string of the molecule is C[C@@H]1C/C(=N/P(=O)(c2ccccc2)c2ccccc2)c2cc(F)ccc2O1. The van der Waals surface area contributed by atoms with Gasteiger partial charge in [0.25, 0.3) is 0 Å². The van der Waals surface area contributed by atoms with Crippen LogP contribution in [-0.4, -0.2) is 11.8 Å². The van der Waals surface area contributed by atoms with E-state index < -0.39 is 7.29 Å². The van der Waals surface area contributed by atoms with Crippen LogP contribution >= 0.6 is 7.29 Å². The van der Waals surface area contributed by atoms with E-state index in [9.17, 15) is 8.96 Å². The summed E-state index contributed by atoms with van der Waals surface area (Å²) in [7, 11) is -3.28. The van der Waals surface area contributed by atoms with Gasteiger partial charge in [0.2, 0.25) is 7.29 Å². The van der Waals surface area contributed by atoms with Gasteiger partial charge in [0.05, 0.1) is 5.71 Å². The Labute approximate surface area is 158 Å². The highest BCUT2D eigenvalue weighted by atomic mass is 31.2. The maximum absolute atomic E-state index is 14.2. The molecule has 0 aliphatic carbocycles. The molecule has 5 heteroatoms. The molecule has 0 saturated carbocycles. The summed E-state index contributed by atoms with van der Waals surface area (Å²) in [5, 5.41) is 1.31. The van der Waals surface area contributed by atoms with E-state index in [1.54, 1.807) is 6.07 Å². The number of halogens is 1. The van der Waals surface area contributed by atoms with Gasteiger partial charge in [-0.05, 0) is 49.4 Å². The predicted molar refractivity (Wildman–Crippen MR) is 107 cm³/mol. The van der Waals surface area contributed by atoms with Crippen molar-refractivity contribution in [1.82, 2.24) is 0 Å². The van der Waals surface area contributed by atoms with Gasteiger partial charge in [-0.25, -0.2) is 9.15 Å². The first-order valence-corrected chi connectivity index (χ1v) is 10.5. The van der Waals surface area contributed by atoms with Gasteiger partial charge in [-0.15, -0.1) is 0 Å². The van der Waals surface area contributed by atoms with Crippen LogP contribution in [0.2, 0.25) is 0 Å². The first-order valence-electron chi connectivity index (χ1n) is 8.83. The average molecular weight is 379 g/mol. The summed E-state index contributed by atoms with van der Waals surface area (Å²) in [4.78, 5) is 0. The molecule has 0 bridgehead atoms. The van der Waals surface area contributed by atoms with Crippen LogP contribution in [0.4, 0.5) is 4.39 Å². The van der Waals surface area contributed by atoms with Crippen LogP contribution in [0.1, 0.15) is 18.9 Å². The highest BCUT2D eigenvalue weighted by Gasteiger charge is 2.30. The molecule has 1 aliphatic rings. The third kappa shape index (κ3) is 3.45. The van der Waals surface area contributed by atoms with E-state index >= 15 is 0 Å². The molecule has 1 heterocycles. The molecule has 136 valence electrons. The lowest BCUT2D eigenvalue weighted by molar-refractivity contribution is 0.222. The van der Waals surface area contributed by atoms with E-state index in [2.05, 4.69) is 0 Å². The molecular formula is C22H19FNO2P. The van der Waals surface area contributed by atoms with E-state index in [-0.39, 0.29) is 11.9 Å². The zero-order valence-electron chi connectivity index (χ0n) is 14.9. The van der Waals surface area contributed by atoms with Crippen molar-refractivity contribution < 1.29 is 13.7 Å². The molecule has 0 aromatic heterocycles. The molecule has 0 fully saturated rings. The number of ether oxygens (including phenoxy) is 1. The summed E-state index contributed by atoms with van der Waals surface area (Å²) < 4.78 is 38.6. The number of benzene rings is 3. The third-order valence-corrected chi connectivity index (χ3v) is 7.05. The topological polar surface area (TPSA) is 38.7 Å². The van der Waals surface area contributed by atoms with Crippen LogP contribution in [-0.2, 0) is 4.57 Å². The Hall–Kier alpha value is -2.71. The summed E-state index contributed by atoms with van der Waals surface area (Å²) in [6.45, 7) is 1.93. The molecule has 27 heavy (non-hydrogen) atoms. The molecule has 0 spiro atoms. The molecule has 0 unspecified atom stereocenters. The number of hydrogen-bond donors (Lipinski definition) is 0. The predicted octanol–water partition coefficient (Wildman–Crippen LogP) is 4.71. The van der Waals surface area contributed by atoms with E-state index in [0.717, 1.165) is 0 Å². The molecule has 0 radical (unpaired) electrons. The minimum atomic E-state index is -3.28. The molecule has 0 saturated heterocycles. The number of nitrogens with zero attached hydrogens (tertiary/aromatic N) is 1. The lowest BCUT2D eigenvalue weighted by atomic mass is 10.0. The van der Waals surface area contributed by atoms with Crippen LogP contribution in [0.3, 0.4) is 0 Å². The summed E-state index contributed by atoms with van der Waals surface area (Å²) in [5.41, 5.74) is 1.18. The van der Waals surface area contributed by atoms with Gasteiger partial charge < -0.3 is 4.74 Å². The van der Waals surface area contributed by atoms with Crippen molar-refractivity contribution in [2.75, 3.05) is 0 Å². The second-order valence-corrected chi connectivity index (χ2v) is 8.95. The Bertz CT molecular complexity index is 991. The fourth-order valence-corrected chi connectivity index (χ4v) is 5.47. The molecule has 1 atom stereocenters. The lowest BCUT2D eigenvalue weighted by Gasteiger charge is -2.26. The van der Waals surface area contributed by atoms with Crippen LogP contribution < -0.4 is 15.3 Å². The van der Waals surface area contributed by atoms with Gasteiger partial charge in [-0.3, -0.25) is 4.57 Å². The van der Waals surface area contributed by atoms with Crippen LogP contribution in [0.5, 0.6) is 5.75 Å². The Morgan fingerprint density at radius 1 is 0.963 bits per heavy atom. The minimum Gasteiger partial charge on any atom is -0.490 e. The normalized spacial score (nSPS) is 18.0. The zero-order chi connectivity index (χ0) is 18.9. The molecule has 0 amide bonds. The van der Waals surface area contributed by atoms with Gasteiger partial charge >= 0.3 is 0 Å². The summed E-state index contributed by atoms with van der Waals surface area (Å²) in [6, 6.07) is 22.8. The van der Waals surface area contributed by atoms with Crippen molar-refractivity contribution in [2.45, 2.75) is 19.4 Å². The van der Waals surface area contributed by atoms with Crippen molar-refractivity contribution in [3.05, 3.63) is 90.2 Å². The van der Waals surface area contributed by atoms with Gasteiger partial charge in [-0.2, -0.15) is 0 Å². The number of rotatable bonds is 3. The van der Waals surface area contributed by atoms with E-state index in [0.29, 0.717) is 34.1 Å². The van der Waals surface area contributed by atoms with Crippen molar-refractivity contribution in [1.29, 1.82) is 0 Å². The highest BCUT2D eigenvalue weighted by Crippen LogP contribution is 2.47. The number of fused-ring (bicyclic) bond motifs is 1.